The molecule has 9 aromatic rings. The van der Waals surface area contributed by atoms with Crippen LogP contribution in [-0.4, -0.2) is 19.9 Å². The molecular weight excluding hydrogens is 560 g/mol. The van der Waals surface area contributed by atoms with E-state index in [9.17, 15) is 0 Å². The molecule has 0 aliphatic heterocycles. The molecule has 0 bridgehead atoms. The average Bonchev–Trinajstić information content (AvgIpc) is 3.14. The van der Waals surface area contributed by atoms with Crippen molar-refractivity contribution >= 4 is 43.6 Å². The van der Waals surface area contributed by atoms with Crippen LogP contribution in [0.4, 0.5) is 0 Å². The number of rotatable bonds is 4. The molecule has 46 heavy (non-hydrogen) atoms. The van der Waals surface area contributed by atoms with Crippen LogP contribution in [0.15, 0.2) is 158 Å². The maximum absolute atomic E-state index is 5.38. The summed E-state index contributed by atoms with van der Waals surface area (Å²) < 4.78 is 0. The number of hydrogen-bond acceptors (Lipinski definition) is 4. The molecule has 0 fully saturated rings. The van der Waals surface area contributed by atoms with Crippen molar-refractivity contribution in [1.29, 1.82) is 0 Å². The van der Waals surface area contributed by atoms with Crippen molar-refractivity contribution < 1.29 is 0 Å². The minimum absolute atomic E-state index is 0.868. The van der Waals surface area contributed by atoms with Gasteiger partial charge in [-0.05, 0) is 58.7 Å². The monoisotopic (exact) mass is 586 g/mol. The lowest BCUT2D eigenvalue weighted by Gasteiger charge is -2.16. The summed E-state index contributed by atoms with van der Waals surface area (Å²) >= 11 is 0. The molecular formula is C42H26N4. The van der Waals surface area contributed by atoms with Crippen LogP contribution in [-0.2, 0) is 0 Å². The summed E-state index contributed by atoms with van der Waals surface area (Å²) in [7, 11) is 0. The van der Waals surface area contributed by atoms with Crippen LogP contribution < -0.4 is 0 Å². The van der Waals surface area contributed by atoms with E-state index in [-0.39, 0.29) is 0 Å². The second-order valence-electron chi connectivity index (χ2n) is 11.5. The molecule has 0 unspecified atom stereocenters. The van der Waals surface area contributed by atoms with E-state index in [4.69, 9.17) is 9.97 Å². The summed E-state index contributed by atoms with van der Waals surface area (Å²) in [6, 6.07) is 50.5. The van der Waals surface area contributed by atoms with E-state index in [0.717, 1.165) is 88.4 Å². The van der Waals surface area contributed by atoms with Gasteiger partial charge in [0.15, 0.2) is 0 Å². The lowest BCUT2D eigenvalue weighted by molar-refractivity contribution is 1.36. The molecule has 5 aromatic carbocycles. The quantitative estimate of drug-likeness (QED) is 0.193. The third kappa shape index (κ3) is 4.31. The predicted octanol–water partition coefficient (Wildman–Crippen LogP) is 10.5. The molecule has 9 rings (SSSR count). The molecule has 0 amide bonds. The molecule has 0 spiro atoms. The molecule has 214 valence electrons. The zero-order chi connectivity index (χ0) is 30.5. The van der Waals surface area contributed by atoms with Crippen molar-refractivity contribution in [2.75, 3.05) is 0 Å². The molecule has 4 heterocycles. The summed E-state index contributed by atoms with van der Waals surface area (Å²) in [5.41, 5.74) is 12.0. The Morgan fingerprint density at radius 3 is 1.20 bits per heavy atom. The molecule has 0 saturated heterocycles. The fraction of sp³-hybridized carbons (Fsp3) is 0. The molecule has 4 heteroatoms. The zero-order valence-electron chi connectivity index (χ0n) is 24.8. The van der Waals surface area contributed by atoms with Gasteiger partial charge >= 0.3 is 0 Å². The SMILES string of the molecule is c1ccc(-c2cc(-c3ccnc4ccccc34)c3ccc4c(-c5ccnc6ccccc56)cc(-c5ccccc5)nc4c3n2)cc1. The highest BCUT2D eigenvalue weighted by molar-refractivity contribution is 6.16. The van der Waals surface area contributed by atoms with Gasteiger partial charge in [0.2, 0.25) is 0 Å². The smallest absolute Gasteiger partial charge is 0.0978 e. The summed E-state index contributed by atoms with van der Waals surface area (Å²) in [6.45, 7) is 0. The highest BCUT2D eigenvalue weighted by atomic mass is 14.8. The van der Waals surface area contributed by atoms with Gasteiger partial charge in [0.1, 0.15) is 0 Å². The Kier molecular flexibility index (Phi) is 6.10. The summed E-state index contributed by atoms with van der Waals surface area (Å²) in [5, 5.41) is 4.30. The molecule has 0 aliphatic carbocycles. The first-order chi connectivity index (χ1) is 22.8. The topological polar surface area (TPSA) is 51.6 Å². The van der Waals surface area contributed by atoms with Crippen LogP contribution >= 0.6 is 0 Å². The standard InChI is InChI=1S/C42H26N4/c1-3-11-27(12-4-1)39-25-35(29-21-23-43-37-17-9-7-15-31(29)37)33-19-20-34-36(30-22-24-44-38-18-10-8-16-32(30)38)26-40(28-13-5-2-6-14-28)46-42(34)41(33)45-39/h1-26H. The average molecular weight is 587 g/mol. The summed E-state index contributed by atoms with van der Waals surface area (Å²) in [6.07, 6.45) is 3.79. The molecule has 0 saturated carbocycles. The lowest BCUT2D eigenvalue weighted by Crippen LogP contribution is -1.96. The number of pyridine rings is 4. The Morgan fingerprint density at radius 2 is 0.739 bits per heavy atom. The fourth-order valence-electron chi connectivity index (χ4n) is 6.60. The van der Waals surface area contributed by atoms with Crippen LogP contribution in [0.2, 0.25) is 0 Å². The van der Waals surface area contributed by atoms with E-state index in [1.807, 2.05) is 36.7 Å². The minimum atomic E-state index is 0.868. The number of benzene rings is 5. The Labute approximate surface area is 265 Å². The lowest BCUT2D eigenvalue weighted by atomic mass is 9.92. The van der Waals surface area contributed by atoms with Gasteiger partial charge in [0, 0.05) is 45.1 Å². The van der Waals surface area contributed by atoms with Crippen LogP contribution in [0, 0.1) is 0 Å². The second kappa shape index (κ2) is 10.7. The van der Waals surface area contributed by atoms with Gasteiger partial charge in [-0.25, -0.2) is 9.97 Å². The third-order valence-electron chi connectivity index (χ3n) is 8.78. The van der Waals surface area contributed by atoms with Crippen LogP contribution in [0.1, 0.15) is 0 Å². The van der Waals surface area contributed by atoms with Crippen molar-refractivity contribution in [3.8, 4) is 44.8 Å². The van der Waals surface area contributed by atoms with Crippen LogP contribution in [0.25, 0.3) is 88.4 Å². The largest absolute Gasteiger partial charge is 0.256 e. The van der Waals surface area contributed by atoms with E-state index in [2.05, 4.69) is 131 Å². The van der Waals surface area contributed by atoms with Gasteiger partial charge in [-0.2, -0.15) is 0 Å². The van der Waals surface area contributed by atoms with Crippen LogP contribution in [0.3, 0.4) is 0 Å². The fourth-order valence-corrected chi connectivity index (χ4v) is 6.60. The van der Waals surface area contributed by atoms with E-state index in [0.29, 0.717) is 0 Å². The predicted molar refractivity (Wildman–Crippen MR) is 189 cm³/mol. The number of aromatic nitrogens is 4. The number of nitrogens with zero attached hydrogens (tertiary/aromatic N) is 4. The third-order valence-corrected chi connectivity index (χ3v) is 8.78. The minimum Gasteiger partial charge on any atom is -0.256 e. The maximum atomic E-state index is 5.38. The molecule has 0 aliphatic rings. The Bertz CT molecular complexity index is 2390. The van der Waals surface area contributed by atoms with Gasteiger partial charge in [0.25, 0.3) is 0 Å². The zero-order valence-corrected chi connectivity index (χ0v) is 24.8. The van der Waals surface area contributed by atoms with Gasteiger partial charge in [-0.15, -0.1) is 0 Å². The van der Waals surface area contributed by atoms with Crippen molar-refractivity contribution in [2.24, 2.45) is 0 Å². The highest BCUT2D eigenvalue weighted by Gasteiger charge is 2.19. The summed E-state index contributed by atoms with van der Waals surface area (Å²) in [5.74, 6) is 0. The Balaban J connectivity index is 1.44. The van der Waals surface area contributed by atoms with E-state index in [1.54, 1.807) is 0 Å². The summed E-state index contributed by atoms with van der Waals surface area (Å²) in [4.78, 5) is 20.1. The van der Waals surface area contributed by atoms with Crippen molar-refractivity contribution in [3.05, 3.63) is 158 Å². The Hall–Kier alpha value is -6.26. The highest BCUT2D eigenvalue weighted by Crippen LogP contribution is 2.41. The van der Waals surface area contributed by atoms with E-state index in [1.165, 1.54) is 0 Å². The molecule has 4 nitrogen and oxygen atoms in total. The van der Waals surface area contributed by atoms with Gasteiger partial charge in [0.05, 0.1) is 33.5 Å². The first-order valence-electron chi connectivity index (χ1n) is 15.4. The van der Waals surface area contributed by atoms with Gasteiger partial charge < -0.3 is 0 Å². The van der Waals surface area contributed by atoms with Crippen LogP contribution in [0.5, 0.6) is 0 Å². The number of para-hydroxylation sites is 2. The van der Waals surface area contributed by atoms with Crippen molar-refractivity contribution in [2.45, 2.75) is 0 Å². The number of fused-ring (bicyclic) bond motifs is 5. The van der Waals surface area contributed by atoms with Gasteiger partial charge in [-0.1, -0.05) is 109 Å². The van der Waals surface area contributed by atoms with E-state index < -0.39 is 0 Å². The van der Waals surface area contributed by atoms with Crippen molar-refractivity contribution in [1.82, 2.24) is 19.9 Å². The molecule has 0 N–H and O–H groups in total. The molecule has 0 atom stereocenters. The molecule has 4 aromatic heterocycles. The first kappa shape index (κ1) is 26.2. The van der Waals surface area contributed by atoms with Crippen molar-refractivity contribution in [3.63, 3.8) is 0 Å². The maximum Gasteiger partial charge on any atom is 0.0978 e. The van der Waals surface area contributed by atoms with Gasteiger partial charge in [-0.3, -0.25) is 9.97 Å². The second-order valence-corrected chi connectivity index (χ2v) is 11.5. The normalized spacial score (nSPS) is 11.5. The number of hydrogen-bond donors (Lipinski definition) is 0. The molecule has 0 radical (unpaired) electrons. The Morgan fingerprint density at radius 1 is 0.326 bits per heavy atom. The first-order valence-corrected chi connectivity index (χ1v) is 15.4. The van der Waals surface area contributed by atoms with E-state index >= 15 is 0 Å².